The van der Waals surface area contributed by atoms with Crippen molar-refractivity contribution in [2.45, 2.75) is 51.5 Å². The maximum atomic E-state index is 5.66. The van der Waals surface area contributed by atoms with Crippen LogP contribution in [-0.4, -0.2) is 37.0 Å². The SMILES string of the molecule is CC1(C)OC[C@@H](C=C[C@@H]2COC(C)(C)O2)O1. The molecule has 2 fully saturated rings. The lowest BCUT2D eigenvalue weighted by Crippen LogP contribution is -2.21. The van der Waals surface area contributed by atoms with Crippen LogP contribution >= 0.6 is 0 Å². The fourth-order valence-electron chi connectivity index (χ4n) is 1.87. The molecule has 0 aromatic heterocycles. The molecule has 0 bridgehead atoms. The summed E-state index contributed by atoms with van der Waals surface area (Å²) in [5, 5.41) is 0. The molecule has 2 rings (SSSR count). The van der Waals surface area contributed by atoms with Gasteiger partial charge in [-0.15, -0.1) is 0 Å². The maximum Gasteiger partial charge on any atom is 0.163 e. The van der Waals surface area contributed by atoms with E-state index in [9.17, 15) is 0 Å². The van der Waals surface area contributed by atoms with E-state index in [1.165, 1.54) is 0 Å². The molecule has 0 aromatic carbocycles. The van der Waals surface area contributed by atoms with E-state index in [-0.39, 0.29) is 12.2 Å². The zero-order valence-corrected chi connectivity index (χ0v) is 10.4. The second kappa shape index (κ2) is 4.11. The Hall–Kier alpha value is -0.420. The Balaban J connectivity index is 1.82. The van der Waals surface area contributed by atoms with Gasteiger partial charge in [-0.1, -0.05) is 12.2 Å². The normalized spacial score (nSPS) is 37.2. The largest absolute Gasteiger partial charge is 0.347 e. The zero-order valence-electron chi connectivity index (χ0n) is 10.4. The highest BCUT2D eigenvalue weighted by Crippen LogP contribution is 2.25. The summed E-state index contributed by atoms with van der Waals surface area (Å²) in [6, 6.07) is 0. The predicted molar refractivity (Wildman–Crippen MR) is 58.9 cm³/mol. The molecule has 2 heterocycles. The summed E-state index contributed by atoms with van der Waals surface area (Å²) in [7, 11) is 0. The van der Waals surface area contributed by atoms with E-state index in [0.29, 0.717) is 13.2 Å². The minimum atomic E-state index is -0.471. The number of hydrogen-bond acceptors (Lipinski definition) is 4. The Morgan fingerprint density at radius 1 is 0.812 bits per heavy atom. The van der Waals surface area contributed by atoms with E-state index in [0.717, 1.165) is 0 Å². The van der Waals surface area contributed by atoms with E-state index in [2.05, 4.69) is 0 Å². The summed E-state index contributed by atoms with van der Waals surface area (Å²) >= 11 is 0. The first-order valence-electron chi connectivity index (χ1n) is 5.68. The molecule has 0 N–H and O–H groups in total. The average Bonchev–Trinajstić information content (AvgIpc) is 2.66. The highest BCUT2D eigenvalue weighted by atomic mass is 16.7. The fourth-order valence-corrected chi connectivity index (χ4v) is 1.87. The third-order valence-electron chi connectivity index (χ3n) is 2.60. The Morgan fingerprint density at radius 2 is 1.19 bits per heavy atom. The van der Waals surface area contributed by atoms with Crippen molar-refractivity contribution >= 4 is 0 Å². The van der Waals surface area contributed by atoms with Gasteiger partial charge in [0.2, 0.25) is 0 Å². The molecule has 0 aromatic rings. The molecule has 0 saturated carbocycles. The molecule has 2 aliphatic heterocycles. The van der Waals surface area contributed by atoms with Gasteiger partial charge in [0.05, 0.1) is 13.2 Å². The topological polar surface area (TPSA) is 36.9 Å². The van der Waals surface area contributed by atoms with E-state index < -0.39 is 11.6 Å². The van der Waals surface area contributed by atoms with Gasteiger partial charge in [0.15, 0.2) is 11.6 Å². The third-order valence-corrected chi connectivity index (χ3v) is 2.60. The van der Waals surface area contributed by atoms with Gasteiger partial charge in [0, 0.05) is 0 Å². The Kier molecular flexibility index (Phi) is 3.09. The van der Waals surface area contributed by atoms with Crippen molar-refractivity contribution in [3.05, 3.63) is 12.2 Å². The molecule has 2 atom stereocenters. The van der Waals surface area contributed by atoms with Crippen LogP contribution < -0.4 is 0 Å². The van der Waals surface area contributed by atoms with Crippen LogP contribution in [0.3, 0.4) is 0 Å². The van der Waals surface area contributed by atoms with Gasteiger partial charge in [-0.25, -0.2) is 0 Å². The first-order chi connectivity index (χ1) is 7.36. The van der Waals surface area contributed by atoms with Crippen molar-refractivity contribution < 1.29 is 18.9 Å². The van der Waals surface area contributed by atoms with Crippen LogP contribution in [-0.2, 0) is 18.9 Å². The molecule has 2 aliphatic rings. The standard InChI is InChI=1S/C12H20O4/c1-11(2)13-7-9(15-11)5-6-10-8-14-12(3,4)16-10/h5-6,9-10H,7-8H2,1-4H3/t9-,10-/m1/s1. The van der Waals surface area contributed by atoms with E-state index in [4.69, 9.17) is 18.9 Å². The van der Waals surface area contributed by atoms with Gasteiger partial charge in [-0.2, -0.15) is 0 Å². The summed E-state index contributed by atoms with van der Waals surface area (Å²) in [6.07, 6.45) is 4.01. The molecule has 92 valence electrons. The Labute approximate surface area is 96.5 Å². The van der Waals surface area contributed by atoms with Crippen molar-refractivity contribution in [1.82, 2.24) is 0 Å². The smallest absolute Gasteiger partial charge is 0.163 e. The van der Waals surface area contributed by atoms with Crippen LogP contribution in [0.4, 0.5) is 0 Å². The average molecular weight is 228 g/mol. The molecule has 16 heavy (non-hydrogen) atoms. The van der Waals surface area contributed by atoms with E-state index >= 15 is 0 Å². The maximum absolute atomic E-state index is 5.66. The first-order valence-corrected chi connectivity index (χ1v) is 5.68. The number of hydrogen-bond donors (Lipinski definition) is 0. The molecule has 0 radical (unpaired) electrons. The molecule has 0 aliphatic carbocycles. The van der Waals surface area contributed by atoms with Crippen LogP contribution in [0.1, 0.15) is 27.7 Å². The highest BCUT2D eigenvalue weighted by molar-refractivity contribution is 4.99. The van der Waals surface area contributed by atoms with Crippen LogP contribution in [0.5, 0.6) is 0 Å². The van der Waals surface area contributed by atoms with Crippen molar-refractivity contribution in [2.24, 2.45) is 0 Å². The van der Waals surface area contributed by atoms with Gasteiger partial charge in [0.1, 0.15) is 12.2 Å². The number of rotatable bonds is 2. The minimum Gasteiger partial charge on any atom is -0.347 e. The van der Waals surface area contributed by atoms with Crippen LogP contribution in [0, 0.1) is 0 Å². The summed E-state index contributed by atoms with van der Waals surface area (Å²) in [5.41, 5.74) is 0. The van der Waals surface area contributed by atoms with Crippen LogP contribution in [0.15, 0.2) is 12.2 Å². The summed E-state index contributed by atoms with van der Waals surface area (Å²) in [4.78, 5) is 0. The summed E-state index contributed by atoms with van der Waals surface area (Å²) in [5.74, 6) is -0.942. The van der Waals surface area contributed by atoms with Gasteiger partial charge >= 0.3 is 0 Å². The molecule has 0 spiro atoms. The first kappa shape index (κ1) is 12.0. The van der Waals surface area contributed by atoms with Crippen LogP contribution in [0.25, 0.3) is 0 Å². The Bertz CT molecular complexity index is 255. The Morgan fingerprint density at radius 3 is 1.44 bits per heavy atom. The predicted octanol–water partition coefficient (Wildman–Crippen LogP) is 1.85. The van der Waals surface area contributed by atoms with Crippen molar-refractivity contribution in [2.75, 3.05) is 13.2 Å². The van der Waals surface area contributed by atoms with Gasteiger partial charge in [-0.05, 0) is 27.7 Å². The van der Waals surface area contributed by atoms with Crippen molar-refractivity contribution in [3.8, 4) is 0 Å². The second-order valence-electron chi connectivity index (χ2n) is 5.12. The fraction of sp³-hybridized carbons (Fsp3) is 0.833. The molecule has 0 unspecified atom stereocenters. The summed E-state index contributed by atoms with van der Waals surface area (Å²) in [6.45, 7) is 8.86. The lowest BCUT2D eigenvalue weighted by atomic mass is 10.2. The number of ether oxygens (including phenoxy) is 4. The van der Waals surface area contributed by atoms with Crippen LogP contribution in [0.2, 0.25) is 0 Å². The van der Waals surface area contributed by atoms with E-state index in [1.54, 1.807) is 0 Å². The zero-order chi connectivity index (χ0) is 11.8. The highest BCUT2D eigenvalue weighted by Gasteiger charge is 2.33. The molecular formula is C12H20O4. The van der Waals surface area contributed by atoms with Crippen molar-refractivity contribution in [1.29, 1.82) is 0 Å². The van der Waals surface area contributed by atoms with E-state index in [1.807, 2.05) is 39.8 Å². The van der Waals surface area contributed by atoms with Gasteiger partial charge < -0.3 is 18.9 Å². The monoisotopic (exact) mass is 228 g/mol. The molecule has 2 saturated heterocycles. The third kappa shape index (κ3) is 3.04. The molecule has 4 heteroatoms. The van der Waals surface area contributed by atoms with Gasteiger partial charge in [-0.3, -0.25) is 0 Å². The second-order valence-corrected chi connectivity index (χ2v) is 5.12. The minimum absolute atomic E-state index is 0.0160. The molecular weight excluding hydrogens is 208 g/mol. The van der Waals surface area contributed by atoms with Gasteiger partial charge in [0.25, 0.3) is 0 Å². The lowest BCUT2D eigenvalue weighted by molar-refractivity contribution is -0.135. The van der Waals surface area contributed by atoms with Crippen molar-refractivity contribution in [3.63, 3.8) is 0 Å². The quantitative estimate of drug-likeness (QED) is 0.676. The molecule has 0 amide bonds. The lowest BCUT2D eigenvalue weighted by Gasteiger charge is -2.16. The summed E-state index contributed by atoms with van der Waals surface area (Å²) < 4.78 is 22.2. The molecule has 4 nitrogen and oxygen atoms in total.